The molecule has 84 valence electrons. The number of esters is 1. The van der Waals surface area contributed by atoms with Gasteiger partial charge in [0, 0.05) is 6.92 Å². The molecule has 0 spiro atoms. The van der Waals surface area contributed by atoms with Crippen molar-refractivity contribution >= 4 is 5.97 Å². The first-order valence-corrected chi connectivity index (χ1v) is 5.61. The molecular formula is C11H23NO2. The lowest BCUT2D eigenvalue weighted by Crippen LogP contribution is -2.16. The van der Waals surface area contributed by atoms with E-state index in [0.29, 0.717) is 6.61 Å². The molecule has 0 aromatic carbocycles. The van der Waals surface area contributed by atoms with E-state index < -0.39 is 0 Å². The van der Waals surface area contributed by atoms with E-state index in [2.05, 4.69) is 12.2 Å². The molecule has 14 heavy (non-hydrogen) atoms. The summed E-state index contributed by atoms with van der Waals surface area (Å²) in [4.78, 5) is 10.4. The monoisotopic (exact) mass is 201 g/mol. The van der Waals surface area contributed by atoms with Gasteiger partial charge in [-0.05, 0) is 38.8 Å². The average Bonchev–Trinajstić information content (AvgIpc) is 2.15. The normalized spacial score (nSPS) is 10.1. The minimum Gasteiger partial charge on any atom is -0.466 e. The van der Waals surface area contributed by atoms with E-state index >= 15 is 0 Å². The third-order valence-electron chi connectivity index (χ3n) is 2.01. The van der Waals surface area contributed by atoms with Gasteiger partial charge in [0.2, 0.25) is 0 Å². The van der Waals surface area contributed by atoms with Crippen molar-refractivity contribution in [1.29, 1.82) is 0 Å². The molecule has 0 bridgehead atoms. The van der Waals surface area contributed by atoms with E-state index in [0.717, 1.165) is 25.9 Å². The van der Waals surface area contributed by atoms with Crippen LogP contribution in [0.5, 0.6) is 0 Å². The van der Waals surface area contributed by atoms with Crippen LogP contribution < -0.4 is 5.32 Å². The molecule has 0 heterocycles. The van der Waals surface area contributed by atoms with E-state index in [4.69, 9.17) is 4.74 Å². The molecule has 0 atom stereocenters. The Kier molecular flexibility index (Phi) is 10.1. The summed E-state index contributed by atoms with van der Waals surface area (Å²) >= 11 is 0. The molecule has 3 heteroatoms. The van der Waals surface area contributed by atoms with Gasteiger partial charge in [0.1, 0.15) is 0 Å². The maximum Gasteiger partial charge on any atom is 0.302 e. The van der Waals surface area contributed by atoms with Crippen molar-refractivity contribution < 1.29 is 9.53 Å². The van der Waals surface area contributed by atoms with Crippen LogP contribution in [0.25, 0.3) is 0 Å². The van der Waals surface area contributed by atoms with E-state index in [-0.39, 0.29) is 5.97 Å². The lowest BCUT2D eigenvalue weighted by molar-refractivity contribution is -0.141. The van der Waals surface area contributed by atoms with E-state index in [1.807, 2.05) is 0 Å². The van der Waals surface area contributed by atoms with Gasteiger partial charge in [-0.15, -0.1) is 0 Å². The summed E-state index contributed by atoms with van der Waals surface area (Å²) in [6.07, 6.45) is 5.79. The number of nitrogens with one attached hydrogen (secondary N) is 1. The Balaban J connectivity index is 2.88. The zero-order chi connectivity index (χ0) is 10.6. The molecule has 0 aromatic rings. The van der Waals surface area contributed by atoms with Crippen LogP contribution in [-0.4, -0.2) is 25.7 Å². The van der Waals surface area contributed by atoms with Gasteiger partial charge >= 0.3 is 5.97 Å². The predicted molar refractivity (Wildman–Crippen MR) is 58.3 cm³/mol. The Morgan fingerprint density at radius 3 is 2.50 bits per heavy atom. The van der Waals surface area contributed by atoms with Gasteiger partial charge in [0.25, 0.3) is 0 Å². The second-order valence-corrected chi connectivity index (χ2v) is 3.50. The Morgan fingerprint density at radius 2 is 1.86 bits per heavy atom. The molecule has 0 unspecified atom stereocenters. The first-order valence-electron chi connectivity index (χ1n) is 5.61. The van der Waals surface area contributed by atoms with E-state index in [9.17, 15) is 4.79 Å². The highest BCUT2D eigenvalue weighted by atomic mass is 16.5. The summed E-state index contributed by atoms with van der Waals surface area (Å²) in [7, 11) is 0. The zero-order valence-electron chi connectivity index (χ0n) is 9.47. The third-order valence-corrected chi connectivity index (χ3v) is 2.01. The number of ether oxygens (including phenoxy) is 1. The maximum atomic E-state index is 10.4. The highest BCUT2D eigenvalue weighted by molar-refractivity contribution is 5.65. The highest BCUT2D eigenvalue weighted by Crippen LogP contribution is 1.95. The lowest BCUT2D eigenvalue weighted by Gasteiger charge is -2.03. The van der Waals surface area contributed by atoms with Gasteiger partial charge in [-0.3, -0.25) is 4.79 Å². The van der Waals surface area contributed by atoms with Crippen LogP contribution in [0.4, 0.5) is 0 Å². The number of carbonyl (C=O) groups is 1. The predicted octanol–water partition coefficient (Wildman–Crippen LogP) is 2.11. The number of rotatable bonds is 9. The van der Waals surface area contributed by atoms with Gasteiger partial charge in [0.15, 0.2) is 0 Å². The second-order valence-electron chi connectivity index (χ2n) is 3.50. The van der Waals surface area contributed by atoms with Crippen molar-refractivity contribution in [3.05, 3.63) is 0 Å². The van der Waals surface area contributed by atoms with Crippen LogP contribution in [0.2, 0.25) is 0 Å². The summed E-state index contributed by atoms with van der Waals surface area (Å²) < 4.78 is 4.83. The second kappa shape index (κ2) is 10.5. The van der Waals surface area contributed by atoms with Gasteiger partial charge in [-0.25, -0.2) is 0 Å². The quantitative estimate of drug-likeness (QED) is 0.458. The van der Waals surface area contributed by atoms with Gasteiger partial charge in [-0.2, -0.15) is 0 Å². The number of unbranched alkanes of at least 4 members (excludes halogenated alkanes) is 3. The van der Waals surface area contributed by atoms with Crippen molar-refractivity contribution in [2.24, 2.45) is 0 Å². The summed E-state index contributed by atoms with van der Waals surface area (Å²) in [5, 5.41) is 3.38. The molecule has 0 aliphatic heterocycles. The molecule has 0 amide bonds. The van der Waals surface area contributed by atoms with Crippen molar-refractivity contribution in [1.82, 2.24) is 5.32 Å². The summed E-state index contributed by atoms with van der Waals surface area (Å²) in [5.74, 6) is -0.175. The van der Waals surface area contributed by atoms with Crippen molar-refractivity contribution in [2.45, 2.75) is 46.0 Å². The Bertz CT molecular complexity index is 137. The first kappa shape index (κ1) is 13.4. The molecule has 0 saturated heterocycles. The zero-order valence-corrected chi connectivity index (χ0v) is 9.47. The molecule has 0 fully saturated rings. The van der Waals surface area contributed by atoms with Crippen LogP contribution in [0.1, 0.15) is 46.0 Å². The minimum atomic E-state index is -0.175. The van der Waals surface area contributed by atoms with Crippen LogP contribution in [-0.2, 0) is 9.53 Å². The minimum absolute atomic E-state index is 0.175. The summed E-state index contributed by atoms with van der Waals surface area (Å²) in [6, 6.07) is 0. The average molecular weight is 201 g/mol. The SMILES string of the molecule is CCCCNCCCCCOC(C)=O. The fourth-order valence-electron chi connectivity index (χ4n) is 1.17. The molecule has 0 rings (SSSR count). The fraction of sp³-hybridized carbons (Fsp3) is 0.909. The van der Waals surface area contributed by atoms with Crippen LogP contribution in [0, 0.1) is 0 Å². The van der Waals surface area contributed by atoms with Crippen LogP contribution in [0.15, 0.2) is 0 Å². The Labute approximate surface area is 87.2 Å². The van der Waals surface area contributed by atoms with Crippen molar-refractivity contribution in [3.63, 3.8) is 0 Å². The molecular weight excluding hydrogens is 178 g/mol. The molecule has 3 nitrogen and oxygen atoms in total. The molecule has 0 radical (unpaired) electrons. The molecule has 0 saturated carbocycles. The molecule has 1 N–H and O–H groups in total. The number of carbonyl (C=O) groups excluding carboxylic acids is 1. The van der Waals surface area contributed by atoms with Crippen LogP contribution >= 0.6 is 0 Å². The standard InChI is InChI=1S/C11H23NO2/c1-3-4-8-12-9-6-5-7-10-14-11(2)13/h12H,3-10H2,1-2H3. The number of hydrogen-bond acceptors (Lipinski definition) is 3. The topological polar surface area (TPSA) is 38.3 Å². The Hall–Kier alpha value is -0.570. The molecule has 0 aliphatic rings. The molecule has 0 aromatic heterocycles. The third kappa shape index (κ3) is 11.4. The number of hydrogen-bond donors (Lipinski definition) is 1. The van der Waals surface area contributed by atoms with E-state index in [1.165, 1.54) is 26.2 Å². The fourth-order valence-corrected chi connectivity index (χ4v) is 1.17. The molecule has 0 aliphatic carbocycles. The lowest BCUT2D eigenvalue weighted by atomic mass is 10.2. The largest absolute Gasteiger partial charge is 0.466 e. The van der Waals surface area contributed by atoms with Gasteiger partial charge < -0.3 is 10.1 Å². The highest BCUT2D eigenvalue weighted by Gasteiger charge is 1.93. The first-order chi connectivity index (χ1) is 6.77. The van der Waals surface area contributed by atoms with Gasteiger partial charge in [-0.1, -0.05) is 13.3 Å². The summed E-state index contributed by atoms with van der Waals surface area (Å²) in [6.45, 7) is 6.43. The van der Waals surface area contributed by atoms with Crippen LogP contribution in [0.3, 0.4) is 0 Å². The van der Waals surface area contributed by atoms with Crippen molar-refractivity contribution in [3.8, 4) is 0 Å². The van der Waals surface area contributed by atoms with E-state index in [1.54, 1.807) is 0 Å². The van der Waals surface area contributed by atoms with Gasteiger partial charge in [0.05, 0.1) is 6.61 Å². The maximum absolute atomic E-state index is 10.4. The summed E-state index contributed by atoms with van der Waals surface area (Å²) in [5.41, 5.74) is 0. The van der Waals surface area contributed by atoms with Crippen molar-refractivity contribution in [2.75, 3.05) is 19.7 Å². The Morgan fingerprint density at radius 1 is 1.14 bits per heavy atom. The smallest absolute Gasteiger partial charge is 0.302 e.